The summed E-state index contributed by atoms with van der Waals surface area (Å²) < 4.78 is 0. The molecule has 3 atom stereocenters. The molecule has 1 saturated carbocycles. The van der Waals surface area contributed by atoms with E-state index in [4.69, 9.17) is 0 Å². The molecule has 4 nitrogen and oxygen atoms in total. The third-order valence-corrected chi connectivity index (χ3v) is 3.97. The Morgan fingerprint density at radius 1 is 1.44 bits per heavy atom. The Bertz CT molecular complexity index is 279. The molecule has 0 bridgehead atoms. The number of aliphatic hydroxyl groups excluding tert-OH is 1. The van der Waals surface area contributed by atoms with Crippen LogP contribution in [0.5, 0.6) is 0 Å². The highest BCUT2D eigenvalue weighted by Crippen LogP contribution is 2.24. The van der Waals surface area contributed by atoms with Crippen LogP contribution in [0.4, 0.5) is 0 Å². The van der Waals surface area contributed by atoms with Crippen molar-refractivity contribution in [1.29, 1.82) is 0 Å². The van der Waals surface area contributed by atoms with Gasteiger partial charge in [-0.15, -0.1) is 0 Å². The molecular weight excluding hydrogens is 228 g/mol. The summed E-state index contributed by atoms with van der Waals surface area (Å²) in [4.78, 5) is 12.0. The highest BCUT2D eigenvalue weighted by atomic mass is 16.3. The summed E-state index contributed by atoms with van der Waals surface area (Å²) in [6.45, 7) is 8.85. The lowest BCUT2D eigenvalue weighted by molar-refractivity contribution is -0.124. The first-order valence-corrected chi connectivity index (χ1v) is 7.07. The van der Waals surface area contributed by atoms with Gasteiger partial charge in [-0.25, -0.2) is 0 Å². The molecular formula is C14H28N2O2. The molecule has 1 rings (SSSR count). The Balaban J connectivity index is 2.27. The fourth-order valence-electron chi connectivity index (χ4n) is 2.20. The van der Waals surface area contributed by atoms with E-state index in [-0.39, 0.29) is 23.6 Å². The smallest absolute Gasteiger partial charge is 0.237 e. The molecule has 0 saturated heterocycles. The summed E-state index contributed by atoms with van der Waals surface area (Å²) in [6.07, 6.45) is 3.60. The van der Waals surface area contributed by atoms with Gasteiger partial charge < -0.3 is 15.7 Å². The molecule has 1 aliphatic carbocycles. The van der Waals surface area contributed by atoms with E-state index in [0.29, 0.717) is 5.92 Å². The first kappa shape index (κ1) is 15.4. The van der Waals surface area contributed by atoms with E-state index in [2.05, 4.69) is 17.6 Å². The Labute approximate surface area is 111 Å². The van der Waals surface area contributed by atoms with E-state index in [1.54, 1.807) is 0 Å². The van der Waals surface area contributed by atoms with E-state index in [1.807, 2.05) is 20.8 Å². The average molecular weight is 256 g/mol. The van der Waals surface area contributed by atoms with Crippen molar-refractivity contribution in [3.05, 3.63) is 0 Å². The fourth-order valence-corrected chi connectivity index (χ4v) is 2.20. The first-order chi connectivity index (χ1) is 8.34. The molecule has 106 valence electrons. The number of nitrogens with one attached hydrogen (secondary N) is 2. The van der Waals surface area contributed by atoms with Gasteiger partial charge in [0.15, 0.2) is 0 Å². The third kappa shape index (κ3) is 4.94. The maximum absolute atomic E-state index is 12.0. The predicted molar refractivity (Wildman–Crippen MR) is 73.3 cm³/mol. The van der Waals surface area contributed by atoms with Gasteiger partial charge >= 0.3 is 0 Å². The number of carbonyl (C=O) groups is 1. The second-order valence-electron chi connectivity index (χ2n) is 6.19. The van der Waals surface area contributed by atoms with Gasteiger partial charge in [0, 0.05) is 5.54 Å². The molecule has 0 radical (unpaired) electrons. The van der Waals surface area contributed by atoms with Gasteiger partial charge in [0.05, 0.1) is 12.1 Å². The Kier molecular flexibility index (Phi) is 5.60. The van der Waals surface area contributed by atoms with Crippen molar-refractivity contribution < 1.29 is 9.90 Å². The van der Waals surface area contributed by atoms with Crippen molar-refractivity contribution >= 4 is 5.91 Å². The van der Waals surface area contributed by atoms with Crippen molar-refractivity contribution in [2.24, 2.45) is 5.92 Å². The lowest BCUT2D eigenvalue weighted by Gasteiger charge is -2.27. The molecule has 0 spiro atoms. The number of rotatable bonds is 6. The molecule has 3 N–H and O–H groups in total. The minimum absolute atomic E-state index is 0.0559. The molecule has 18 heavy (non-hydrogen) atoms. The quantitative estimate of drug-likeness (QED) is 0.674. The van der Waals surface area contributed by atoms with Crippen LogP contribution in [-0.2, 0) is 4.79 Å². The molecule has 4 heteroatoms. The van der Waals surface area contributed by atoms with Crippen molar-refractivity contribution in [3.63, 3.8) is 0 Å². The summed E-state index contributed by atoms with van der Waals surface area (Å²) in [5.41, 5.74) is -0.142. The second-order valence-corrected chi connectivity index (χ2v) is 6.19. The van der Waals surface area contributed by atoms with Crippen LogP contribution >= 0.6 is 0 Å². The molecule has 0 heterocycles. The van der Waals surface area contributed by atoms with Crippen LogP contribution in [0, 0.1) is 5.92 Å². The maximum atomic E-state index is 12.0. The van der Waals surface area contributed by atoms with Crippen molar-refractivity contribution in [3.8, 4) is 0 Å². The van der Waals surface area contributed by atoms with Crippen LogP contribution in [-0.4, -0.2) is 35.2 Å². The van der Waals surface area contributed by atoms with E-state index in [9.17, 15) is 9.90 Å². The van der Waals surface area contributed by atoms with Crippen molar-refractivity contribution in [1.82, 2.24) is 10.6 Å². The third-order valence-electron chi connectivity index (χ3n) is 3.97. The zero-order valence-electron chi connectivity index (χ0n) is 12.1. The molecule has 0 aromatic carbocycles. The first-order valence-electron chi connectivity index (χ1n) is 7.07. The SMILES string of the molecule is CCC(C)(C)NC(=O)C(C)NCC1CCC(O)C1. The average Bonchev–Trinajstić information content (AvgIpc) is 2.71. The standard InChI is InChI=1S/C14H28N2O2/c1-5-14(3,4)16-13(18)10(2)15-9-11-6-7-12(17)8-11/h10-12,15,17H,5-9H2,1-4H3,(H,16,18). The van der Waals surface area contributed by atoms with Crippen LogP contribution in [0.1, 0.15) is 53.4 Å². The maximum Gasteiger partial charge on any atom is 0.237 e. The number of aliphatic hydroxyl groups is 1. The molecule has 0 aromatic rings. The van der Waals surface area contributed by atoms with E-state index in [0.717, 1.165) is 32.2 Å². The number of carbonyl (C=O) groups excluding carboxylic acids is 1. The molecule has 1 aliphatic rings. The molecule has 1 fully saturated rings. The Hall–Kier alpha value is -0.610. The normalized spacial score (nSPS) is 26.1. The van der Waals surface area contributed by atoms with Crippen LogP contribution in [0.15, 0.2) is 0 Å². The van der Waals surface area contributed by atoms with Gasteiger partial charge in [0.1, 0.15) is 0 Å². The lowest BCUT2D eigenvalue weighted by Crippen LogP contribution is -2.51. The summed E-state index contributed by atoms with van der Waals surface area (Å²) in [7, 11) is 0. The number of hydrogen-bond donors (Lipinski definition) is 3. The van der Waals surface area contributed by atoms with Crippen LogP contribution < -0.4 is 10.6 Å². The molecule has 0 aromatic heterocycles. The summed E-state index contributed by atoms with van der Waals surface area (Å²) in [5.74, 6) is 0.565. The second kappa shape index (κ2) is 6.53. The largest absolute Gasteiger partial charge is 0.393 e. The molecule has 3 unspecified atom stereocenters. The van der Waals surface area contributed by atoms with Crippen molar-refractivity contribution in [2.75, 3.05) is 6.54 Å². The van der Waals surface area contributed by atoms with Gasteiger partial charge in [0.2, 0.25) is 5.91 Å². The number of hydrogen-bond acceptors (Lipinski definition) is 3. The van der Waals surface area contributed by atoms with E-state index >= 15 is 0 Å². The monoisotopic (exact) mass is 256 g/mol. The lowest BCUT2D eigenvalue weighted by atomic mass is 10.0. The predicted octanol–water partition coefficient (Wildman–Crippen LogP) is 1.43. The summed E-state index contributed by atoms with van der Waals surface area (Å²) >= 11 is 0. The molecule has 0 aliphatic heterocycles. The highest BCUT2D eigenvalue weighted by molar-refractivity contribution is 5.81. The minimum atomic E-state index is -0.173. The zero-order chi connectivity index (χ0) is 13.8. The van der Waals surface area contributed by atoms with Gasteiger partial charge in [0.25, 0.3) is 0 Å². The van der Waals surface area contributed by atoms with E-state index < -0.39 is 0 Å². The zero-order valence-corrected chi connectivity index (χ0v) is 12.1. The highest BCUT2D eigenvalue weighted by Gasteiger charge is 2.25. The molecule has 1 amide bonds. The van der Waals surface area contributed by atoms with E-state index in [1.165, 1.54) is 0 Å². The number of amides is 1. The topological polar surface area (TPSA) is 61.4 Å². The Morgan fingerprint density at radius 2 is 2.11 bits per heavy atom. The van der Waals surface area contributed by atoms with Gasteiger partial charge in [-0.1, -0.05) is 6.92 Å². The van der Waals surface area contributed by atoms with Crippen molar-refractivity contribution in [2.45, 2.75) is 71.1 Å². The van der Waals surface area contributed by atoms with Crippen LogP contribution in [0.3, 0.4) is 0 Å². The minimum Gasteiger partial charge on any atom is -0.393 e. The van der Waals surface area contributed by atoms with Gasteiger partial charge in [-0.3, -0.25) is 4.79 Å². The summed E-state index contributed by atoms with van der Waals surface area (Å²) in [5, 5.41) is 15.8. The Morgan fingerprint density at radius 3 is 2.61 bits per heavy atom. The fraction of sp³-hybridized carbons (Fsp3) is 0.929. The summed E-state index contributed by atoms with van der Waals surface area (Å²) in [6, 6.07) is -0.173. The van der Waals surface area contributed by atoms with Gasteiger partial charge in [-0.05, 0) is 58.9 Å². The van der Waals surface area contributed by atoms with Gasteiger partial charge in [-0.2, -0.15) is 0 Å². The van der Waals surface area contributed by atoms with Crippen LogP contribution in [0.25, 0.3) is 0 Å². The van der Waals surface area contributed by atoms with Crippen LogP contribution in [0.2, 0.25) is 0 Å².